The summed E-state index contributed by atoms with van der Waals surface area (Å²) < 4.78 is 5.44. The first-order chi connectivity index (χ1) is 13.7. The van der Waals surface area contributed by atoms with Crippen LogP contribution in [0.15, 0.2) is 54.6 Å². The van der Waals surface area contributed by atoms with Gasteiger partial charge in [0.05, 0.1) is 19.1 Å². The van der Waals surface area contributed by atoms with Gasteiger partial charge < -0.3 is 9.64 Å². The highest BCUT2D eigenvalue weighted by Crippen LogP contribution is 2.32. The molecule has 0 unspecified atom stereocenters. The minimum absolute atomic E-state index is 0.0566. The van der Waals surface area contributed by atoms with Crippen LogP contribution in [-0.4, -0.2) is 55.1 Å². The molecule has 28 heavy (non-hydrogen) atoms. The fraction of sp³-hybridized carbons (Fsp3) is 0.458. The van der Waals surface area contributed by atoms with Crippen molar-refractivity contribution < 1.29 is 9.53 Å². The summed E-state index contributed by atoms with van der Waals surface area (Å²) in [5.74, 6) is 0.757. The number of ether oxygens (including phenoxy) is 1. The van der Waals surface area contributed by atoms with E-state index >= 15 is 0 Å². The van der Waals surface area contributed by atoms with E-state index in [1.807, 2.05) is 4.90 Å². The van der Waals surface area contributed by atoms with Gasteiger partial charge in [-0.1, -0.05) is 60.2 Å². The molecule has 4 heteroatoms. The van der Waals surface area contributed by atoms with Gasteiger partial charge in [-0.05, 0) is 30.4 Å². The Balaban J connectivity index is 1.54. The number of hydrogen-bond donors (Lipinski definition) is 0. The standard InChI is InChI=1S/C24H30N2O2/c1-19-6-5-9-21(14-19)22-15-23(24(27)26-10-12-28-13-11-26)18-25(17-22)16-20-7-3-2-4-8-20/h2-9,14,22-23H,10-13,15-18H2,1H3/t22-,23+/m0/s1. The topological polar surface area (TPSA) is 32.8 Å². The Morgan fingerprint density at radius 3 is 2.57 bits per heavy atom. The Bertz CT molecular complexity index is 786. The van der Waals surface area contributed by atoms with Gasteiger partial charge in [-0.15, -0.1) is 0 Å². The SMILES string of the molecule is Cc1cccc([C@H]2C[C@@H](C(=O)N3CCOCC3)CN(Cc3ccccc3)C2)c1. The molecule has 2 aromatic carbocycles. The largest absolute Gasteiger partial charge is 0.378 e. The van der Waals surface area contributed by atoms with Crippen molar-refractivity contribution in [2.24, 2.45) is 5.92 Å². The zero-order valence-electron chi connectivity index (χ0n) is 16.7. The third kappa shape index (κ3) is 4.62. The van der Waals surface area contributed by atoms with E-state index in [4.69, 9.17) is 4.74 Å². The van der Waals surface area contributed by atoms with E-state index < -0.39 is 0 Å². The highest BCUT2D eigenvalue weighted by atomic mass is 16.5. The number of benzene rings is 2. The molecule has 0 aromatic heterocycles. The number of likely N-dealkylation sites (tertiary alicyclic amines) is 1. The van der Waals surface area contributed by atoms with Crippen LogP contribution in [0.2, 0.25) is 0 Å². The summed E-state index contributed by atoms with van der Waals surface area (Å²) in [5, 5.41) is 0. The lowest BCUT2D eigenvalue weighted by molar-refractivity contribution is -0.141. The number of hydrogen-bond acceptors (Lipinski definition) is 3. The smallest absolute Gasteiger partial charge is 0.227 e. The molecule has 2 aromatic rings. The molecule has 2 atom stereocenters. The van der Waals surface area contributed by atoms with Gasteiger partial charge in [0, 0.05) is 32.7 Å². The Morgan fingerprint density at radius 1 is 1.04 bits per heavy atom. The molecule has 1 amide bonds. The van der Waals surface area contributed by atoms with Crippen molar-refractivity contribution in [2.45, 2.75) is 25.8 Å². The molecule has 0 bridgehead atoms. The van der Waals surface area contributed by atoms with Gasteiger partial charge in [0.2, 0.25) is 5.91 Å². The summed E-state index contributed by atoms with van der Waals surface area (Å²) in [4.78, 5) is 17.7. The van der Waals surface area contributed by atoms with E-state index in [2.05, 4.69) is 66.4 Å². The number of aryl methyl sites for hydroxylation is 1. The molecule has 0 saturated carbocycles. The lowest BCUT2D eigenvalue weighted by atomic mass is 9.83. The predicted octanol–water partition coefficient (Wildman–Crippen LogP) is 3.46. The van der Waals surface area contributed by atoms with Crippen molar-refractivity contribution in [1.29, 1.82) is 0 Å². The van der Waals surface area contributed by atoms with Crippen molar-refractivity contribution in [1.82, 2.24) is 9.80 Å². The monoisotopic (exact) mass is 378 g/mol. The van der Waals surface area contributed by atoms with E-state index in [-0.39, 0.29) is 5.92 Å². The maximum atomic E-state index is 13.2. The van der Waals surface area contributed by atoms with Crippen LogP contribution < -0.4 is 0 Å². The third-order valence-electron chi connectivity index (χ3n) is 5.96. The Hall–Kier alpha value is -2.17. The maximum absolute atomic E-state index is 13.2. The van der Waals surface area contributed by atoms with E-state index in [0.717, 1.165) is 39.1 Å². The molecule has 4 rings (SSSR count). The van der Waals surface area contributed by atoms with Gasteiger partial charge in [0.25, 0.3) is 0 Å². The summed E-state index contributed by atoms with van der Waals surface area (Å²) in [6, 6.07) is 19.4. The van der Waals surface area contributed by atoms with Crippen LogP contribution in [0, 0.1) is 12.8 Å². The van der Waals surface area contributed by atoms with E-state index in [1.54, 1.807) is 0 Å². The number of amides is 1. The highest BCUT2D eigenvalue weighted by molar-refractivity contribution is 5.79. The Kier molecular flexibility index (Phi) is 6.08. The maximum Gasteiger partial charge on any atom is 0.227 e. The molecule has 2 aliphatic rings. The Labute approximate surface area is 168 Å². The second-order valence-corrected chi connectivity index (χ2v) is 8.16. The van der Waals surface area contributed by atoms with Crippen LogP contribution in [-0.2, 0) is 16.1 Å². The number of nitrogens with zero attached hydrogens (tertiary/aromatic N) is 2. The van der Waals surface area contributed by atoms with E-state index in [9.17, 15) is 4.79 Å². The molecule has 2 saturated heterocycles. The van der Waals surface area contributed by atoms with E-state index in [1.165, 1.54) is 16.7 Å². The average Bonchev–Trinajstić information content (AvgIpc) is 2.74. The predicted molar refractivity (Wildman–Crippen MR) is 111 cm³/mol. The zero-order chi connectivity index (χ0) is 19.3. The molecule has 0 N–H and O–H groups in total. The summed E-state index contributed by atoms with van der Waals surface area (Å²) in [6.45, 7) is 7.66. The lowest BCUT2D eigenvalue weighted by Crippen LogP contribution is -2.49. The molecule has 2 heterocycles. The lowest BCUT2D eigenvalue weighted by Gasteiger charge is -2.40. The van der Waals surface area contributed by atoms with Gasteiger partial charge in [-0.25, -0.2) is 0 Å². The number of carbonyl (C=O) groups is 1. The molecule has 4 nitrogen and oxygen atoms in total. The first-order valence-corrected chi connectivity index (χ1v) is 10.4. The highest BCUT2D eigenvalue weighted by Gasteiger charge is 2.35. The van der Waals surface area contributed by atoms with Crippen LogP contribution in [0.4, 0.5) is 0 Å². The second kappa shape index (κ2) is 8.89. The summed E-state index contributed by atoms with van der Waals surface area (Å²) in [7, 11) is 0. The van der Waals surface area contributed by atoms with Crippen molar-refractivity contribution in [3.8, 4) is 0 Å². The quantitative estimate of drug-likeness (QED) is 0.817. The van der Waals surface area contributed by atoms with Crippen molar-refractivity contribution in [3.63, 3.8) is 0 Å². The summed E-state index contributed by atoms with van der Waals surface area (Å²) in [5.41, 5.74) is 3.95. The minimum atomic E-state index is 0.0566. The van der Waals surface area contributed by atoms with Crippen molar-refractivity contribution in [3.05, 3.63) is 71.3 Å². The first kappa shape index (κ1) is 19.2. The van der Waals surface area contributed by atoms with Crippen LogP contribution in [0.1, 0.15) is 29.0 Å². The van der Waals surface area contributed by atoms with Crippen molar-refractivity contribution >= 4 is 5.91 Å². The molecule has 0 spiro atoms. The first-order valence-electron chi connectivity index (χ1n) is 10.4. The van der Waals surface area contributed by atoms with Gasteiger partial charge in [0.1, 0.15) is 0 Å². The fourth-order valence-corrected chi connectivity index (χ4v) is 4.55. The van der Waals surface area contributed by atoms with Crippen molar-refractivity contribution in [2.75, 3.05) is 39.4 Å². The molecule has 148 valence electrons. The minimum Gasteiger partial charge on any atom is -0.378 e. The zero-order valence-corrected chi connectivity index (χ0v) is 16.7. The second-order valence-electron chi connectivity index (χ2n) is 8.16. The molecule has 0 aliphatic carbocycles. The average molecular weight is 379 g/mol. The molecular formula is C24H30N2O2. The Morgan fingerprint density at radius 2 is 1.82 bits per heavy atom. The normalized spacial score (nSPS) is 23.5. The molecule has 2 fully saturated rings. The van der Waals surface area contributed by atoms with Gasteiger partial charge in [0.15, 0.2) is 0 Å². The van der Waals surface area contributed by atoms with Crippen LogP contribution in [0.5, 0.6) is 0 Å². The van der Waals surface area contributed by atoms with E-state index in [0.29, 0.717) is 25.0 Å². The van der Waals surface area contributed by atoms with Gasteiger partial charge in [-0.2, -0.15) is 0 Å². The number of piperidine rings is 1. The van der Waals surface area contributed by atoms with Gasteiger partial charge in [-0.3, -0.25) is 9.69 Å². The number of rotatable bonds is 4. The summed E-state index contributed by atoms with van der Waals surface area (Å²) in [6.07, 6.45) is 0.935. The van der Waals surface area contributed by atoms with Crippen LogP contribution >= 0.6 is 0 Å². The third-order valence-corrected chi connectivity index (χ3v) is 5.96. The molecule has 2 aliphatic heterocycles. The molecular weight excluding hydrogens is 348 g/mol. The molecule has 0 radical (unpaired) electrons. The van der Waals surface area contributed by atoms with Crippen LogP contribution in [0.25, 0.3) is 0 Å². The summed E-state index contributed by atoms with van der Waals surface area (Å²) >= 11 is 0. The number of morpholine rings is 1. The van der Waals surface area contributed by atoms with Gasteiger partial charge >= 0.3 is 0 Å². The number of carbonyl (C=O) groups excluding carboxylic acids is 1. The fourth-order valence-electron chi connectivity index (χ4n) is 4.55. The van der Waals surface area contributed by atoms with Crippen LogP contribution in [0.3, 0.4) is 0 Å².